The predicted octanol–water partition coefficient (Wildman–Crippen LogP) is 3.26. The van der Waals surface area contributed by atoms with Gasteiger partial charge in [-0.3, -0.25) is 19.5 Å². The van der Waals surface area contributed by atoms with Gasteiger partial charge in [0, 0.05) is 23.8 Å². The van der Waals surface area contributed by atoms with Gasteiger partial charge in [0.1, 0.15) is 5.65 Å². The minimum Gasteiger partial charge on any atom is -0.346 e. The van der Waals surface area contributed by atoms with Gasteiger partial charge in [-0.05, 0) is 30.7 Å². The van der Waals surface area contributed by atoms with Crippen LogP contribution in [-0.2, 0) is 10.3 Å². The van der Waals surface area contributed by atoms with E-state index in [0.717, 1.165) is 22.5 Å². The molecule has 3 aromatic rings. The normalized spacial score (nSPS) is 20.5. The number of nitrogens with one attached hydrogen (secondary N) is 2. The number of carbonyl (C=O) groups excluding carboxylic acids is 1. The third kappa shape index (κ3) is 2.63. The summed E-state index contributed by atoms with van der Waals surface area (Å²) in [7, 11) is 1.60. The van der Waals surface area contributed by atoms with E-state index >= 15 is 0 Å². The van der Waals surface area contributed by atoms with Gasteiger partial charge < -0.3 is 5.32 Å². The SMILES string of the molecule is CN1C(=N)N[C@](C)(c2ccc3ncc(-c4cccc(Cl)c4)n3c2)CC1=O. The second-order valence-corrected chi connectivity index (χ2v) is 7.17. The van der Waals surface area contributed by atoms with E-state index in [1.54, 1.807) is 7.05 Å². The van der Waals surface area contributed by atoms with Gasteiger partial charge in [0.05, 0.1) is 23.9 Å². The Kier molecular flexibility index (Phi) is 3.73. The van der Waals surface area contributed by atoms with Crippen LogP contribution in [0, 0.1) is 5.41 Å². The molecular weight excluding hydrogens is 350 g/mol. The van der Waals surface area contributed by atoms with Crippen molar-refractivity contribution in [3.05, 3.63) is 59.4 Å². The van der Waals surface area contributed by atoms with Crippen molar-refractivity contribution in [3.63, 3.8) is 0 Å². The Labute approximate surface area is 155 Å². The van der Waals surface area contributed by atoms with E-state index in [1.165, 1.54) is 4.90 Å². The number of pyridine rings is 1. The van der Waals surface area contributed by atoms with Gasteiger partial charge in [-0.2, -0.15) is 0 Å². The van der Waals surface area contributed by atoms with E-state index < -0.39 is 5.54 Å². The lowest BCUT2D eigenvalue weighted by Crippen LogP contribution is -2.58. The molecule has 1 aliphatic rings. The summed E-state index contributed by atoms with van der Waals surface area (Å²) in [5, 5.41) is 11.8. The van der Waals surface area contributed by atoms with Crippen molar-refractivity contribution >= 4 is 29.1 Å². The number of carbonyl (C=O) groups is 1. The fourth-order valence-corrected chi connectivity index (χ4v) is 3.47. The molecule has 2 N–H and O–H groups in total. The van der Waals surface area contributed by atoms with E-state index in [4.69, 9.17) is 17.0 Å². The first-order valence-electron chi connectivity index (χ1n) is 8.24. The zero-order valence-corrected chi connectivity index (χ0v) is 15.2. The molecule has 0 spiro atoms. The molecule has 0 saturated carbocycles. The maximum atomic E-state index is 12.2. The van der Waals surface area contributed by atoms with Gasteiger partial charge in [0.2, 0.25) is 5.91 Å². The molecule has 1 saturated heterocycles. The lowest BCUT2D eigenvalue weighted by atomic mass is 9.87. The van der Waals surface area contributed by atoms with Crippen LogP contribution < -0.4 is 5.32 Å². The summed E-state index contributed by atoms with van der Waals surface area (Å²) in [6.45, 7) is 1.93. The molecule has 2 aromatic heterocycles. The maximum absolute atomic E-state index is 12.2. The summed E-state index contributed by atoms with van der Waals surface area (Å²) >= 11 is 6.13. The van der Waals surface area contributed by atoms with E-state index in [-0.39, 0.29) is 18.3 Å². The van der Waals surface area contributed by atoms with Crippen molar-refractivity contribution in [3.8, 4) is 11.3 Å². The van der Waals surface area contributed by atoms with Crippen molar-refractivity contribution in [2.75, 3.05) is 7.05 Å². The summed E-state index contributed by atoms with van der Waals surface area (Å²) in [5.41, 5.74) is 2.96. The molecule has 6 nitrogen and oxygen atoms in total. The van der Waals surface area contributed by atoms with Gasteiger partial charge in [0.25, 0.3) is 0 Å². The molecule has 26 heavy (non-hydrogen) atoms. The van der Waals surface area contributed by atoms with Crippen molar-refractivity contribution in [1.29, 1.82) is 5.41 Å². The number of benzene rings is 1. The van der Waals surface area contributed by atoms with Crippen LogP contribution in [0.25, 0.3) is 16.9 Å². The highest BCUT2D eigenvalue weighted by Gasteiger charge is 2.38. The first-order chi connectivity index (χ1) is 12.4. The average molecular weight is 368 g/mol. The molecule has 0 bridgehead atoms. The largest absolute Gasteiger partial charge is 0.346 e. The third-order valence-electron chi connectivity index (χ3n) is 4.87. The average Bonchev–Trinajstić information content (AvgIpc) is 3.03. The molecule has 4 rings (SSSR count). The molecule has 0 radical (unpaired) electrons. The molecule has 1 atom stereocenters. The van der Waals surface area contributed by atoms with Gasteiger partial charge in [-0.15, -0.1) is 0 Å². The number of hydrogen-bond donors (Lipinski definition) is 2. The van der Waals surface area contributed by atoms with E-state index in [2.05, 4.69) is 10.3 Å². The highest BCUT2D eigenvalue weighted by atomic mass is 35.5. The minimum absolute atomic E-state index is 0.0861. The van der Waals surface area contributed by atoms with Crippen molar-refractivity contribution in [1.82, 2.24) is 19.6 Å². The molecule has 1 fully saturated rings. The lowest BCUT2D eigenvalue weighted by molar-refractivity contribution is -0.129. The topological polar surface area (TPSA) is 73.5 Å². The summed E-state index contributed by atoms with van der Waals surface area (Å²) in [5.74, 6) is 0.0154. The van der Waals surface area contributed by atoms with Crippen molar-refractivity contribution in [2.45, 2.75) is 18.9 Å². The van der Waals surface area contributed by atoms with Crippen LogP contribution in [0.15, 0.2) is 48.8 Å². The Bertz CT molecular complexity index is 1020. The molecule has 3 heterocycles. The van der Waals surface area contributed by atoms with Gasteiger partial charge >= 0.3 is 0 Å². The molecule has 1 amide bonds. The number of aromatic nitrogens is 2. The quantitative estimate of drug-likeness (QED) is 0.730. The first kappa shape index (κ1) is 16.6. The van der Waals surface area contributed by atoms with Crippen LogP contribution in [0.4, 0.5) is 0 Å². The Morgan fingerprint density at radius 3 is 2.85 bits per heavy atom. The molecule has 132 valence electrons. The number of nitrogens with zero attached hydrogens (tertiary/aromatic N) is 3. The Balaban J connectivity index is 1.82. The highest BCUT2D eigenvalue weighted by Crippen LogP contribution is 2.31. The number of amides is 1. The Morgan fingerprint density at radius 2 is 2.12 bits per heavy atom. The van der Waals surface area contributed by atoms with Gasteiger partial charge in [-0.25, -0.2) is 4.98 Å². The van der Waals surface area contributed by atoms with Crippen molar-refractivity contribution in [2.24, 2.45) is 0 Å². The Morgan fingerprint density at radius 1 is 1.31 bits per heavy atom. The Hall–Kier alpha value is -2.86. The number of fused-ring (bicyclic) bond motifs is 1. The van der Waals surface area contributed by atoms with Crippen LogP contribution in [0.2, 0.25) is 5.02 Å². The maximum Gasteiger partial charge on any atom is 0.231 e. The molecule has 0 unspecified atom stereocenters. The molecule has 1 aromatic carbocycles. The number of guanidine groups is 1. The van der Waals surface area contributed by atoms with Crippen LogP contribution in [0.1, 0.15) is 18.9 Å². The second-order valence-electron chi connectivity index (χ2n) is 6.74. The van der Waals surface area contributed by atoms with Crippen LogP contribution in [0.5, 0.6) is 0 Å². The van der Waals surface area contributed by atoms with Crippen LogP contribution in [-0.4, -0.2) is 33.2 Å². The summed E-state index contributed by atoms with van der Waals surface area (Å²) in [6.07, 6.45) is 4.05. The zero-order valence-electron chi connectivity index (χ0n) is 14.5. The molecule has 7 heteroatoms. The fourth-order valence-electron chi connectivity index (χ4n) is 3.28. The number of rotatable bonds is 2. The lowest BCUT2D eigenvalue weighted by Gasteiger charge is -2.39. The monoisotopic (exact) mass is 367 g/mol. The smallest absolute Gasteiger partial charge is 0.231 e. The number of hydrogen-bond acceptors (Lipinski definition) is 3. The summed E-state index contributed by atoms with van der Waals surface area (Å²) in [6, 6.07) is 11.5. The van der Waals surface area contributed by atoms with E-state index in [0.29, 0.717) is 5.02 Å². The highest BCUT2D eigenvalue weighted by molar-refractivity contribution is 6.30. The summed E-state index contributed by atoms with van der Waals surface area (Å²) < 4.78 is 1.99. The third-order valence-corrected chi connectivity index (χ3v) is 5.11. The fraction of sp³-hybridized carbons (Fsp3) is 0.211. The van der Waals surface area contributed by atoms with Crippen molar-refractivity contribution < 1.29 is 4.79 Å². The van der Waals surface area contributed by atoms with Crippen LogP contribution >= 0.6 is 11.6 Å². The molecule has 0 aliphatic carbocycles. The van der Waals surface area contributed by atoms with Gasteiger partial charge in [-0.1, -0.05) is 29.8 Å². The predicted molar refractivity (Wildman–Crippen MR) is 101 cm³/mol. The number of imidazole rings is 1. The standard InChI is InChI=1S/C19H18ClN5O/c1-19(9-17(26)24(2)18(21)23-19)13-6-7-16-22-10-15(25(16)11-13)12-4-3-5-14(20)8-12/h3-8,10-11H,9H2,1-2H3,(H2,21,23)/t19-/m0/s1. The molecule has 1 aliphatic heterocycles. The molecular formula is C19H18ClN5O. The van der Waals surface area contributed by atoms with E-state index in [1.807, 2.05) is 60.1 Å². The minimum atomic E-state index is -0.648. The van der Waals surface area contributed by atoms with Gasteiger partial charge in [0.15, 0.2) is 5.96 Å². The summed E-state index contributed by atoms with van der Waals surface area (Å²) in [4.78, 5) is 18.0. The van der Waals surface area contributed by atoms with Crippen LogP contribution in [0.3, 0.4) is 0 Å². The second kappa shape index (κ2) is 5.85. The zero-order chi connectivity index (χ0) is 18.5. The first-order valence-corrected chi connectivity index (χ1v) is 8.62. The number of halogens is 1. The van der Waals surface area contributed by atoms with E-state index in [9.17, 15) is 4.79 Å².